The first-order valence-electron chi connectivity index (χ1n) is 6.35. The summed E-state index contributed by atoms with van der Waals surface area (Å²) in [5.74, 6) is 0. The number of hydrogen-bond donors (Lipinski definition) is 1. The van der Waals surface area contributed by atoms with Crippen LogP contribution >= 0.6 is 0 Å². The molecule has 0 heterocycles. The van der Waals surface area contributed by atoms with Crippen LogP contribution in [0.2, 0.25) is 0 Å². The Kier molecular flexibility index (Phi) is 5.82. The molecule has 0 spiro atoms. The standard InChI is InChI=1S/C14H20F3NO/c1-3-18(10-14(15,16)17)9-8-13(19)12-6-4-11(2)5-7-12/h4-7,13,19H,3,8-10H2,1-2H3. The Morgan fingerprint density at radius 2 is 1.79 bits per heavy atom. The summed E-state index contributed by atoms with van der Waals surface area (Å²) in [5, 5.41) is 9.95. The highest BCUT2D eigenvalue weighted by atomic mass is 19.4. The molecule has 0 aliphatic carbocycles. The lowest BCUT2D eigenvalue weighted by Crippen LogP contribution is -2.35. The van der Waals surface area contributed by atoms with Gasteiger partial charge in [-0.05, 0) is 25.5 Å². The maximum Gasteiger partial charge on any atom is 0.401 e. The number of alkyl halides is 3. The Bertz CT molecular complexity index is 375. The lowest BCUT2D eigenvalue weighted by molar-refractivity contribution is -0.146. The van der Waals surface area contributed by atoms with Gasteiger partial charge in [-0.2, -0.15) is 13.2 Å². The van der Waals surface area contributed by atoms with Gasteiger partial charge in [-0.15, -0.1) is 0 Å². The van der Waals surface area contributed by atoms with E-state index in [9.17, 15) is 18.3 Å². The molecule has 1 N–H and O–H groups in total. The Morgan fingerprint density at radius 1 is 1.21 bits per heavy atom. The van der Waals surface area contributed by atoms with E-state index < -0.39 is 18.8 Å². The topological polar surface area (TPSA) is 23.5 Å². The van der Waals surface area contributed by atoms with Crippen molar-refractivity contribution in [1.29, 1.82) is 0 Å². The highest BCUT2D eigenvalue weighted by molar-refractivity contribution is 5.22. The Labute approximate surface area is 111 Å². The van der Waals surface area contributed by atoms with Crippen LogP contribution < -0.4 is 0 Å². The highest BCUT2D eigenvalue weighted by Gasteiger charge is 2.30. The molecule has 0 saturated carbocycles. The molecule has 0 bridgehead atoms. The van der Waals surface area contributed by atoms with Gasteiger partial charge in [0.15, 0.2) is 0 Å². The van der Waals surface area contributed by atoms with E-state index in [0.717, 1.165) is 11.1 Å². The Hall–Kier alpha value is -1.07. The average molecular weight is 275 g/mol. The minimum absolute atomic E-state index is 0.227. The zero-order chi connectivity index (χ0) is 14.5. The highest BCUT2D eigenvalue weighted by Crippen LogP contribution is 2.20. The van der Waals surface area contributed by atoms with Gasteiger partial charge in [-0.3, -0.25) is 4.90 Å². The van der Waals surface area contributed by atoms with E-state index >= 15 is 0 Å². The quantitative estimate of drug-likeness (QED) is 0.861. The molecule has 1 aromatic rings. The molecule has 0 saturated heterocycles. The maximum absolute atomic E-state index is 12.3. The third kappa shape index (κ3) is 6.07. The first kappa shape index (κ1) is 16.0. The molecule has 2 nitrogen and oxygen atoms in total. The third-order valence-electron chi connectivity index (χ3n) is 3.03. The molecule has 0 aliphatic heterocycles. The van der Waals surface area contributed by atoms with Crippen LogP contribution in [-0.2, 0) is 0 Å². The van der Waals surface area contributed by atoms with Crippen molar-refractivity contribution in [2.75, 3.05) is 19.6 Å². The first-order chi connectivity index (χ1) is 8.81. The second-order valence-electron chi connectivity index (χ2n) is 4.70. The van der Waals surface area contributed by atoms with Crippen LogP contribution in [0.1, 0.15) is 30.6 Å². The molecule has 5 heteroatoms. The summed E-state index contributed by atoms with van der Waals surface area (Å²) >= 11 is 0. The van der Waals surface area contributed by atoms with Crippen LogP contribution in [0.5, 0.6) is 0 Å². The van der Waals surface area contributed by atoms with Gasteiger partial charge in [0.05, 0.1) is 12.6 Å². The Balaban J connectivity index is 2.48. The zero-order valence-corrected chi connectivity index (χ0v) is 11.2. The van der Waals surface area contributed by atoms with Crippen LogP contribution in [0.15, 0.2) is 24.3 Å². The molecular weight excluding hydrogens is 255 g/mol. The summed E-state index contributed by atoms with van der Waals surface area (Å²) in [4.78, 5) is 1.29. The maximum atomic E-state index is 12.3. The van der Waals surface area contributed by atoms with Crippen LogP contribution in [0, 0.1) is 6.92 Å². The van der Waals surface area contributed by atoms with Gasteiger partial charge >= 0.3 is 6.18 Å². The molecule has 0 aliphatic rings. The molecule has 1 atom stereocenters. The predicted molar refractivity (Wildman–Crippen MR) is 68.9 cm³/mol. The fourth-order valence-corrected chi connectivity index (χ4v) is 1.86. The largest absolute Gasteiger partial charge is 0.401 e. The molecule has 0 aromatic heterocycles. The first-order valence-corrected chi connectivity index (χ1v) is 6.35. The van der Waals surface area contributed by atoms with Gasteiger partial charge in [-0.25, -0.2) is 0 Å². The minimum Gasteiger partial charge on any atom is -0.388 e. The van der Waals surface area contributed by atoms with E-state index in [1.807, 2.05) is 19.1 Å². The van der Waals surface area contributed by atoms with Gasteiger partial charge in [0.1, 0.15) is 0 Å². The normalized spacial score (nSPS) is 13.8. The van der Waals surface area contributed by atoms with E-state index in [2.05, 4.69) is 0 Å². The van der Waals surface area contributed by atoms with Crippen molar-refractivity contribution in [3.63, 3.8) is 0 Å². The molecular formula is C14H20F3NO. The van der Waals surface area contributed by atoms with E-state index in [4.69, 9.17) is 0 Å². The molecule has 19 heavy (non-hydrogen) atoms. The molecule has 1 unspecified atom stereocenters. The van der Waals surface area contributed by atoms with E-state index in [0.29, 0.717) is 13.0 Å². The van der Waals surface area contributed by atoms with Gasteiger partial charge in [0, 0.05) is 6.54 Å². The van der Waals surface area contributed by atoms with Crippen LogP contribution in [-0.4, -0.2) is 35.8 Å². The average Bonchev–Trinajstić information content (AvgIpc) is 2.33. The van der Waals surface area contributed by atoms with Crippen molar-refractivity contribution in [3.05, 3.63) is 35.4 Å². The smallest absolute Gasteiger partial charge is 0.388 e. The minimum atomic E-state index is -4.19. The van der Waals surface area contributed by atoms with Crippen molar-refractivity contribution >= 4 is 0 Å². The summed E-state index contributed by atoms with van der Waals surface area (Å²) in [6.07, 6.45) is -4.61. The van der Waals surface area contributed by atoms with E-state index in [1.165, 1.54) is 4.90 Å². The van der Waals surface area contributed by atoms with Crippen molar-refractivity contribution in [3.8, 4) is 0 Å². The Morgan fingerprint density at radius 3 is 2.26 bits per heavy atom. The fourth-order valence-electron chi connectivity index (χ4n) is 1.86. The van der Waals surface area contributed by atoms with E-state index in [1.54, 1.807) is 19.1 Å². The summed E-state index contributed by atoms with van der Waals surface area (Å²) < 4.78 is 36.8. The molecule has 1 aromatic carbocycles. The predicted octanol–water partition coefficient (Wildman–Crippen LogP) is 3.30. The molecule has 0 amide bonds. The molecule has 0 radical (unpaired) electrons. The number of halogens is 3. The van der Waals surface area contributed by atoms with Crippen LogP contribution in [0.3, 0.4) is 0 Å². The van der Waals surface area contributed by atoms with Gasteiger partial charge in [0.25, 0.3) is 0 Å². The third-order valence-corrected chi connectivity index (χ3v) is 3.03. The van der Waals surface area contributed by atoms with Gasteiger partial charge in [-0.1, -0.05) is 36.8 Å². The number of aryl methyl sites for hydroxylation is 1. The SMILES string of the molecule is CCN(CCC(O)c1ccc(C)cc1)CC(F)(F)F. The molecule has 108 valence electrons. The number of aliphatic hydroxyl groups is 1. The van der Waals surface area contributed by atoms with Crippen LogP contribution in [0.4, 0.5) is 13.2 Å². The number of aliphatic hydroxyl groups excluding tert-OH is 1. The lowest BCUT2D eigenvalue weighted by Gasteiger charge is -2.23. The number of rotatable bonds is 6. The number of nitrogens with zero attached hydrogens (tertiary/aromatic N) is 1. The van der Waals surface area contributed by atoms with Gasteiger partial charge < -0.3 is 5.11 Å². The molecule has 1 rings (SSSR count). The van der Waals surface area contributed by atoms with Crippen LogP contribution in [0.25, 0.3) is 0 Å². The van der Waals surface area contributed by atoms with Gasteiger partial charge in [0.2, 0.25) is 0 Å². The summed E-state index contributed by atoms with van der Waals surface area (Å²) in [6, 6.07) is 7.37. The van der Waals surface area contributed by atoms with E-state index in [-0.39, 0.29) is 6.54 Å². The fraction of sp³-hybridized carbons (Fsp3) is 0.571. The summed E-state index contributed by atoms with van der Waals surface area (Å²) in [7, 11) is 0. The van der Waals surface area contributed by atoms with Crippen molar-refractivity contribution in [2.45, 2.75) is 32.5 Å². The summed E-state index contributed by atoms with van der Waals surface area (Å²) in [5.41, 5.74) is 1.83. The number of hydrogen-bond acceptors (Lipinski definition) is 2. The van der Waals surface area contributed by atoms with Crippen molar-refractivity contribution < 1.29 is 18.3 Å². The lowest BCUT2D eigenvalue weighted by atomic mass is 10.0. The number of benzene rings is 1. The second-order valence-corrected chi connectivity index (χ2v) is 4.70. The monoisotopic (exact) mass is 275 g/mol. The van der Waals surface area contributed by atoms with Crippen molar-refractivity contribution in [1.82, 2.24) is 4.90 Å². The summed E-state index contributed by atoms with van der Waals surface area (Å²) in [6.45, 7) is 3.25. The zero-order valence-electron chi connectivity index (χ0n) is 11.2. The second kappa shape index (κ2) is 6.91. The van der Waals surface area contributed by atoms with Crippen molar-refractivity contribution in [2.24, 2.45) is 0 Å². The molecule has 0 fully saturated rings.